The van der Waals surface area contributed by atoms with Gasteiger partial charge in [-0.25, -0.2) is 4.98 Å². The molecule has 2 aliphatic rings. The topological polar surface area (TPSA) is 58.6 Å². The summed E-state index contributed by atoms with van der Waals surface area (Å²) >= 11 is 0. The van der Waals surface area contributed by atoms with Crippen molar-refractivity contribution in [3.8, 4) is 0 Å². The molecule has 126 valence electrons. The second-order valence-electron chi connectivity index (χ2n) is 6.83. The number of nitrogens with zero attached hydrogens (tertiary/aromatic N) is 4. The number of aromatic nitrogens is 2. The summed E-state index contributed by atoms with van der Waals surface area (Å²) in [7, 11) is 0. The fraction of sp³-hybridized carbons (Fsp3) is 0.706. The van der Waals surface area contributed by atoms with Gasteiger partial charge in [0.2, 0.25) is 0 Å². The second kappa shape index (κ2) is 6.83. The smallest absolute Gasteiger partial charge is 0.312 e. The number of esters is 1. The van der Waals surface area contributed by atoms with Crippen molar-refractivity contribution in [2.45, 2.75) is 39.2 Å². The van der Waals surface area contributed by atoms with E-state index in [4.69, 9.17) is 4.74 Å². The first kappa shape index (κ1) is 16.2. The van der Waals surface area contributed by atoms with E-state index in [-0.39, 0.29) is 17.5 Å². The monoisotopic (exact) mass is 318 g/mol. The number of carbonyl (C=O) groups is 1. The van der Waals surface area contributed by atoms with Gasteiger partial charge in [-0.05, 0) is 19.8 Å². The number of piperazine rings is 1. The first-order valence-electron chi connectivity index (χ1n) is 8.55. The molecular formula is C17H26N4O2. The highest BCUT2D eigenvalue weighted by atomic mass is 16.6. The molecule has 0 N–H and O–H groups in total. The van der Waals surface area contributed by atoms with Gasteiger partial charge in [-0.1, -0.05) is 6.92 Å². The lowest BCUT2D eigenvalue weighted by molar-refractivity contribution is -0.148. The minimum absolute atomic E-state index is 0.0162. The van der Waals surface area contributed by atoms with Gasteiger partial charge in [0, 0.05) is 51.5 Å². The van der Waals surface area contributed by atoms with E-state index in [0.717, 1.165) is 57.8 Å². The van der Waals surface area contributed by atoms with Crippen molar-refractivity contribution >= 4 is 11.8 Å². The third kappa shape index (κ3) is 3.63. The third-order valence-electron chi connectivity index (χ3n) is 5.24. The minimum atomic E-state index is -0.269. The highest BCUT2D eigenvalue weighted by molar-refractivity contribution is 5.78. The first-order valence-corrected chi connectivity index (χ1v) is 8.55. The number of carbonyl (C=O) groups excluding carboxylic acids is 1. The Kier molecular flexibility index (Phi) is 4.80. The van der Waals surface area contributed by atoms with Gasteiger partial charge in [-0.15, -0.1) is 0 Å². The van der Waals surface area contributed by atoms with Crippen molar-refractivity contribution < 1.29 is 9.53 Å². The van der Waals surface area contributed by atoms with Crippen LogP contribution >= 0.6 is 0 Å². The Labute approximate surface area is 137 Å². The lowest BCUT2D eigenvalue weighted by atomic mass is 9.84. The zero-order chi connectivity index (χ0) is 16.3. The zero-order valence-corrected chi connectivity index (χ0v) is 14.1. The molecule has 2 fully saturated rings. The highest BCUT2D eigenvalue weighted by Gasteiger charge is 2.43. The molecular weight excluding hydrogens is 292 g/mol. The zero-order valence-electron chi connectivity index (χ0n) is 14.1. The lowest BCUT2D eigenvalue weighted by Crippen LogP contribution is -2.47. The Hall–Kier alpha value is -1.69. The molecule has 3 rings (SSSR count). The predicted molar refractivity (Wildman–Crippen MR) is 88.2 cm³/mol. The molecule has 0 amide bonds. The summed E-state index contributed by atoms with van der Waals surface area (Å²) in [5, 5.41) is 0. The largest absolute Gasteiger partial charge is 0.462 e. The van der Waals surface area contributed by atoms with Crippen molar-refractivity contribution in [1.82, 2.24) is 14.9 Å². The van der Waals surface area contributed by atoms with Gasteiger partial charge in [-0.2, -0.15) is 0 Å². The van der Waals surface area contributed by atoms with Crippen molar-refractivity contribution in [3.05, 3.63) is 18.6 Å². The van der Waals surface area contributed by atoms with E-state index in [1.54, 1.807) is 12.4 Å². The summed E-state index contributed by atoms with van der Waals surface area (Å²) in [5.41, 5.74) is -0.269. The van der Waals surface area contributed by atoms with Gasteiger partial charge >= 0.3 is 5.97 Å². The molecule has 2 saturated heterocycles. The maximum absolute atomic E-state index is 11.9. The van der Waals surface area contributed by atoms with Gasteiger partial charge in [-0.3, -0.25) is 14.7 Å². The van der Waals surface area contributed by atoms with Gasteiger partial charge in [0.15, 0.2) is 0 Å². The fourth-order valence-electron chi connectivity index (χ4n) is 3.35. The summed E-state index contributed by atoms with van der Waals surface area (Å²) in [5.74, 6) is 0.938. The van der Waals surface area contributed by atoms with Crippen LogP contribution in [0.15, 0.2) is 18.6 Å². The van der Waals surface area contributed by atoms with Gasteiger partial charge in [0.05, 0.1) is 11.6 Å². The Morgan fingerprint density at radius 1 is 1.30 bits per heavy atom. The maximum atomic E-state index is 11.9. The van der Waals surface area contributed by atoms with E-state index in [9.17, 15) is 4.79 Å². The van der Waals surface area contributed by atoms with Crippen LogP contribution in [0.25, 0.3) is 0 Å². The predicted octanol–water partition coefficient (Wildman–Crippen LogP) is 1.72. The molecule has 0 radical (unpaired) electrons. The van der Waals surface area contributed by atoms with Crippen molar-refractivity contribution in [3.63, 3.8) is 0 Å². The Balaban J connectivity index is 1.43. The average Bonchev–Trinajstić information content (AvgIpc) is 2.89. The van der Waals surface area contributed by atoms with Gasteiger partial charge in [0.25, 0.3) is 0 Å². The summed E-state index contributed by atoms with van der Waals surface area (Å²) in [4.78, 5) is 25.1. The molecule has 6 nitrogen and oxygen atoms in total. The van der Waals surface area contributed by atoms with Gasteiger partial charge in [0.1, 0.15) is 11.9 Å². The molecule has 2 aliphatic heterocycles. The number of cyclic esters (lactones) is 1. The molecule has 6 heteroatoms. The third-order valence-corrected chi connectivity index (χ3v) is 5.24. The number of hydrogen-bond acceptors (Lipinski definition) is 6. The molecule has 0 saturated carbocycles. The van der Waals surface area contributed by atoms with Crippen LogP contribution in [0.4, 0.5) is 5.82 Å². The summed E-state index contributed by atoms with van der Waals surface area (Å²) in [6.07, 6.45) is 8.01. The second-order valence-corrected chi connectivity index (χ2v) is 6.83. The SMILES string of the molecule is CCC1(C)CC(CCN2CCN(c3cnccn3)CC2)OC1=O. The van der Waals surface area contributed by atoms with Crippen LogP contribution < -0.4 is 4.90 Å². The van der Waals surface area contributed by atoms with E-state index in [1.165, 1.54) is 0 Å². The number of rotatable bonds is 5. The summed E-state index contributed by atoms with van der Waals surface area (Å²) in [6.45, 7) is 9.05. The standard InChI is InChI=1S/C17H26N4O2/c1-3-17(2)12-14(23-16(17)22)4-7-20-8-10-21(11-9-20)15-13-18-5-6-19-15/h5-6,13-14H,3-4,7-12H2,1-2H3. The summed E-state index contributed by atoms with van der Waals surface area (Å²) in [6, 6.07) is 0. The quantitative estimate of drug-likeness (QED) is 0.771. The van der Waals surface area contributed by atoms with Crippen LogP contribution in [0.3, 0.4) is 0 Å². The molecule has 0 bridgehead atoms. The summed E-state index contributed by atoms with van der Waals surface area (Å²) < 4.78 is 5.56. The molecule has 2 atom stereocenters. The van der Waals surface area contributed by atoms with Crippen LogP contribution in [0.5, 0.6) is 0 Å². The lowest BCUT2D eigenvalue weighted by Gasteiger charge is -2.35. The van der Waals surface area contributed by atoms with E-state index < -0.39 is 0 Å². The van der Waals surface area contributed by atoms with Crippen LogP contribution in [-0.4, -0.2) is 59.7 Å². The average molecular weight is 318 g/mol. The van der Waals surface area contributed by atoms with E-state index in [0.29, 0.717) is 0 Å². The van der Waals surface area contributed by atoms with Crippen molar-refractivity contribution in [1.29, 1.82) is 0 Å². The molecule has 0 aliphatic carbocycles. The Morgan fingerprint density at radius 3 is 2.70 bits per heavy atom. The van der Waals surface area contributed by atoms with E-state index >= 15 is 0 Å². The van der Waals surface area contributed by atoms with Crippen LogP contribution in [0, 0.1) is 5.41 Å². The molecule has 1 aromatic heterocycles. The molecule has 2 unspecified atom stereocenters. The molecule has 3 heterocycles. The molecule has 0 aromatic carbocycles. The number of ether oxygens (including phenoxy) is 1. The number of hydrogen-bond donors (Lipinski definition) is 0. The molecule has 1 aromatic rings. The molecule has 0 spiro atoms. The van der Waals surface area contributed by atoms with Crippen LogP contribution in [-0.2, 0) is 9.53 Å². The van der Waals surface area contributed by atoms with Crippen LogP contribution in [0.2, 0.25) is 0 Å². The van der Waals surface area contributed by atoms with E-state index in [1.807, 2.05) is 13.1 Å². The van der Waals surface area contributed by atoms with Crippen LogP contribution in [0.1, 0.15) is 33.1 Å². The maximum Gasteiger partial charge on any atom is 0.312 e. The van der Waals surface area contributed by atoms with Crippen molar-refractivity contribution in [2.75, 3.05) is 37.6 Å². The number of anilines is 1. The first-order chi connectivity index (χ1) is 11.1. The minimum Gasteiger partial charge on any atom is -0.462 e. The van der Waals surface area contributed by atoms with E-state index in [2.05, 4.69) is 26.7 Å². The van der Waals surface area contributed by atoms with Crippen molar-refractivity contribution in [2.24, 2.45) is 5.41 Å². The fourth-order valence-corrected chi connectivity index (χ4v) is 3.35. The highest BCUT2D eigenvalue weighted by Crippen LogP contribution is 2.37. The van der Waals surface area contributed by atoms with Gasteiger partial charge < -0.3 is 9.64 Å². The Bertz CT molecular complexity index is 531. The molecule has 23 heavy (non-hydrogen) atoms. The normalized spacial score (nSPS) is 28.9. The Morgan fingerprint density at radius 2 is 2.09 bits per heavy atom.